The van der Waals surface area contributed by atoms with Crippen LogP contribution in [0.1, 0.15) is 173 Å². The summed E-state index contributed by atoms with van der Waals surface area (Å²) in [5, 5.41) is 18.0. The SMILES string of the molecule is C=C(C)c1cccc(C(C)(C)NC(=O)NCCCCCCn2c(=O)n(CCCCCCNC(=O)NC(C)(C)c3cccc(C(=C)C)c3)c(=O)n(CCCCCCNC(=O)NC(C)(C)c3cccc(C(=C)C)c3)c2=O)c1. The number of nitrogens with one attached hydrogen (secondary N) is 6. The average Bonchev–Trinajstić information content (AvgIpc) is 3.35. The van der Waals surface area contributed by atoms with Crippen molar-refractivity contribution in [2.75, 3.05) is 19.6 Å². The Kier molecular flexibility index (Phi) is 23.2. The van der Waals surface area contributed by atoms with Gasteiger partial charge in [0, 0.05) is 39.3 Å². The molecule has 0 saturated heterocycles. The van der Waals surface area contributed by atoms with Gasteiger partial charge in [0.25, 0.3) is 0 Å². The molecule has 3 aromatic carbocycles. The molecule has 15 heteroatoms. The van der Waals surface area contributed by atoms with Crippen LogP contribution in [0.4, 0.5) is 14.4 Å². The van der Waals surface area contributed by atoms with Crippen molar-refractivity contribution in [2.45, 2.75) is 176 Å². The van der Waals surface area contributed by atoms with E-state index in [2.05, 4.69) is 51.6 Å². The van der Waals surface area contributed by atoms with Gasteiger partial charge >= 0.3 is 35.2 Å². The number of urea groups is 3. The Balaban J connectivity index is 1.29. The normalized spacial score (nSPS) is 11.6. The van der Waals surface area contributed by atoms with E-state index in [-0.39, 0.29) is 37.7 Å². The highest BCUT2D eigenvalue weighted by atomic mass is 16.2. The second kappa shape index (κ2) is 28.7. The molecule has 6 N–H and O–H groups in total. The Morgan fingerprint density at radius 2 is 0.640 bits per heavy atom. The number of carbonyl (C=O) groups is 3. The quantitative estimate of drug-likeness (QED) is 0.0282. The first-order valence-electron chi connectivity index (χ1n) is 26.9. The summed E-state index contributed by atoms with van der Waals surface area (Å²) >= 11 is 0. The van der Waals surface area contributed by atoms with Gasteiger partial charge in [0.15, 0.2) is 0 Å². The molecule has 0 aliphatic carbocycles. The van der Waals surface area contributed by atoms with Gasteiger partial charge in [0.2, 0.25) is 0 Å². The van der Waals surface area contributed by atoms with E-state index in [1.807, 2.05) is 135 Å². The highest BCUT2D eigenvalue weighted by molar-refractivity contribution is 5.76. The molecule has 0 spiro atoms. The number of allylic oxidation sites excluding steroid dienone is 3. The zero-order valence-electron chi connectivity index (χ0n) is 46.6. The minimum Gasteiger partial charge on any atom is -0.338 e. The van der Waals surface area contributed by atoms with Crippen molar-refractivity contribution in [2.24, 2.45) is 0 Å². The van der Waals surface area contributed by atoms with Gasteiger partial charge < -0.3 is 31.9 Å². The van der Waals surface area contributed by atoms with E-state index in [9.17, 15) is 28.8 Å². The summed E-state index contributed by atoms with van der Waals surface area (Å²) in [6, 6.07) is 23.1. The summed E-state index contributed by atoms with van der Waals surface area (Å²) in [5.41, 5.74) is 5.19. The molecule has 6 amide bonds. The molecule has 4 rings (SSSR count). The number of nitrogens with zero attached hydrogens (tertiary/aromatic N) is 3. The number of amides is 6. The minimum absolute atomic E-state index is 0.164. The second-order valence-corrected chi connectivity index (χ2v) is 21.6. The van der Waals surface area contributed by atoms with Crippen molar-refractivity contribution < 1.29 is 14.4 Å². The number of unbranched alkanes of at least 4 members (excludes halogenated alkanes) is 9. The van der Waals surface area contributed by atoms with Crippen molar-refractivity contribution in [3.8, 4) is 0 Å². The second-order valence-electron chi connectivity index (χ2n) is 21.6. The number of benzene rings is 3. The van der Waals surface area contributed by atoms with Gasteiger partial charge in [-0.15, -0.1) is 0 Å². The van der Waals surface area contributed by atoms with E-state index >= 15 is 0 Å². The first kappa shape index (κ1) is 60.7. The van der Waals surface area contributed by atoms with Crippen LogP contribution in [0.2, 0.25) is 0 Å². The van der Waals surface area contributed by atoms with Crippen molar-refractivity contribution in [1.82, 2.24) is 45.6 Å². The van der Waals surface area contributed by atoms with Crippen LogP contribution in [-0.2, 0) is 36.3 Å². The molecule has 75 heavy (non-hydrogen) atoms. The zero-order valence-corrected chi connectivity index (χ0v) is 46.6. The standard InChI is InChI=1S/C60H87N9O6/c1-43(2)46-28-25-31-49(40-46)58(7,8)64-52(70)61-34-19-13-16-22-37-67-55(73)68(38-23-17-14-20-35-62-53(71)65-59(9,10)50-32-26-29-47(41-50)44(3)4)57(75)69(56(67)74)39-24-18-15-21-36-63-54(72)66-60(11,12)51-33-27-30-48(42-51)45(5)6/h25-33,40-42H,1,3,5,13-24,34-39H2,2,4,6-12H3,(H2,61,64,70)(H2,62,65,71)(H2,63,66,72). The smallest absolute Gasteiger partial charge is 0.336 e. The molecule has 4 aromatic rings. The van der Waals surface area contributed by atoms with Crippen LogP contribution in [0.15, 0.2) is 107 Å². The monoisotopic (exact) mass is 1030 g/mol. The summed E-state index contributed by atoms with van der Waals surface area (Å²) < 4.78 is 3.57. The molecule has 15 nitrogen and oxygen atoms in total. The molecular formula is C60H87N9O6. The maximum Gasteiger partial charge on any atom is 0.336 e. The van der Waals surface area contributed by atoms with Gasteiger partial charge in [-0.1, -0.05) is 130 Å². The maximum atomic E-state index is 13.8. The van der Waals surface area contributed by atoms with Gasteiger partial charge in [-0.2, -0.15) is 0 Å². The summed E-state index contributed by atoms with van der Waals surface area (Å²) in [6.45, 7) is 31.6. The van der Waals surface area contributed by atoms with Crippen molar-refractivity contribution >= 4 is 34.8 Å². The van der Waals surface area contributed by atoms with Gasteiger partial charge in [-0.3, -0.25) is 0 Å². The van der Waals surface area contributed by atoms with E-state index in [0.29, 0.717) is 77.4 Å². The predicted molar refractivity (Wildman–Crippen MR) is 307 cm³/mol. The van der Waals surface area contributed by atoms with Crippen LogP contribution in [0.25, 0.3) is 16.7 Å². The lowest BCUT2D eigenvalue weighted by atomic mass is 9.92. The molecule has 0 unspecified atom stereocenters. The molecule has 0 bridgehead atoms. The lowest BCUT2D eigenvalue weighted by molar-refractivity contribution is 0.228. The van der Waals surface area contributed by atoms with E-state index < -0.39 is 33.7 Å². The Morgan fingerprint density at radius 3 is 0.880 bits per heavy atom. The summed E-state index contributed by atoms with van der Waals surface area (Å²) in [7, 11) is 0. The van der Waals surface area contributed by atoms with E-state index in [1.165, 1.54) is 13.7 Å². The Bertz CT molecular complexity index is 2470. The molecule has 0 saturated carbocycles. The third-order valence-electron chi connectivity index (χ3n) is 13.7. The van der Waals surface area contributed by atoms with Crippen LogP contribution in [0, 0.1) is 0 Å². The molecular weight excluding hydrogens is 943 g/mol. The van der Waals surface area contributed by atoms with E-state index in [1.54, 1.807) is 0 Å². The van der Waals surface area contributed by atoms with E-state index in [4.69, 9.17) is 0 Å². The van der Waals surface area contributed by atoms with Crippen LogP contribution in [0.3, 0.4) is 0 Å². The molecule has 0 atom stereocenters. The van der Waals surface area contributed by atoms with Crippen LogP contribution >= 0.6 is 0 Å². The van der Waals surface area contributed by atoms with Gasteiger partial charge in [-0.25, -0.2) is 42.5 Å². The van der Waals surface area contributed by atoms with Gasteiger partial charge in [0.05, 0.1) is 16.6 Å². The van der Waals surface area contributed by atoms with Crippen molar-refractivity contribution in [1.29, 1.82) is 0 Å². The van der Waals surface area contributed by atoms with Crippen LogP contribution in [0.5, 0.6) is 0 Å². The van der Waals surface area contributed by atoms with Crippen LogP contribution in [-0.4, -0.2) is 51.4 Å². The number of carbonyl (C=O) groups excluding carboxylic acids is 3. The Morgan fingerprint density at radius 1 is 0.400 bits per heavy atom. The van der Waals surface area contributed by atoms with Gasteiger partial charge in [-0.05, 0) is 152 Å². The third kappa shape index (κ3) is 19.1. The first-order valence-corrected chi connectivity index (χ1v) is 26.9. The Labute approximate surface area is 445 Å². The lowest BCUT2D eigenvalue weighted by Crippen LogP contribution is -2.54. The molecule has 0 fully saturated rings. The maximum absolute atomic E-state index is 13.8. The largest absolute Gasteiger partial charge is 0.338 e. The fourth-order valence-corrected chi connectivity index (χ4v) is 8.83. The summed E-state index contributed by atoms with van der Waals surface area (Å²) in [5.74, 6) is 0. The first-order chi connectivity index (χ1) is 35.4. The topological polar surface area (TPSA) is 189 Å². The molecule has 0 aliphatic heterocycles. The number of rotatable bonds is 30. The van der Waals surface area contributed by atoms with Crippen molar-refractivity contribution in [3.05, 3.63) is 157 Å². The number of aromatic nitrogens is 3. The Hall–Kier alpha value is -6.90. The number of hydrogen-bond acceptors (Lipinski definition) is 6. The average molecular weight is 1030 g/mol. The predicted octanol–water partition coefficient (Wildman–Crippen LogP) is 10.7. The molecule has 408 valence electrons. The fraction of sp³-hybridized carbons (Fsp3) is 0.500. The molecule has 0 aliphatic rings. The highest BCUT2D eigenvalue weighted by Gasteiger charge is 2.26. The van der Waals surface area contributed by atoms with Crippen molar-refractivity contribution in [3.63, 3.8) is 0 Å². The van der Waals surface area contributed by atoms with Crippen LogP contribution < -0.4 is 49.0 Å². The fourth-order valence-electron chi connectivity index (χ4n) is 8.83. The minimum atomic E-state index is -0.609. The molecule has 1 aromatic heterocycles. The summed E-state index contributed by atoms with van der Waals surface area (Å²) in [4.78, 5) is 80.1. The molecule has 1 heterocycles. The lowest BCUT2D eigenvalue weighted by Gasteiger charge is -2.27. The highest BCUT2D eigenvalue weighted by Crippen LogP contribution is 2.26. The molecule has 0 radical (unpaired) electrons. The van der Waals surface area contributed by atoms with E-state index in [0.717, 1.165) is 69.4 Å². The summed E-state index contributed by atoms with van der Waals surface area (Å²) in [6.07, 6.45) is 8.20. The number of hydrogen-bond donors (Lipinski definition) is 6. The zero-order chi connectivity index (χ0) is 55.3. The third-order valence-corrected chi connectivity index (χ3v) is 13.7. The van der Waals surface area contributed by atoms with Gasteiger partial charge in [0.1, 0.15) is 0 Å².